The van der Waals surface area contributed by atoms with Crippen molar-refractivity contribution >= 4 is 21.9 Å². The molecule has 0 amide bonds. The third kappa shape index (κ3) is 5.58. The number of para-hydroxylation sites is 2. The van der Waals surface area contributed by atoms with Crippen molar-refractivity contribution in [3.8, 4) is 78.4 Å². The normalized spacial score (nSPS) is 12.8. The minimum absolute atomic E-state index is 0.102. The first-order valence-corrected chi connectivity index (χ1v) is 19.9. The van der Waals surface area contributed by atoms with Crippen LogP contribution in [0.1, 0.15) is 25.0 Å². The van der Waals surface area contributed by atoms with Gasteiger partial charge in [-0.25, -0.2) is 9.97 Å². The van der Waals surface area contributed by atoms with Gasteiger partial charge in [-0.15, -0.1) is 0 Å². The Morgan fingerprint density at radius 2 is 0.914 bits per heavy atom. The predicted molar refractivity (Wildman–Crippen MR) is 239 cm³/mol. The zero-order valence-electron chi connectivity index (χ0n) is 32.3. The first kappa shape index (κ1) is 33.9. The molecule has 11 rings (SSSR count). The van der Waals surface area contributed by atoms with E-state index in [1.165, 1.54) is 33.4 Å². The number of furan rings is 1. The Morgan fingerprint density at radius 1 is 0.362 bits per heavy atom. The number of nitrogens with zero attached hydrogens (tertiary/aromatic N) is 2. The lowest BCUT2D eigenvalue weighted by atomic mass is 9.81. The fraction of sp³-hybridized carbons (Fsp3) is 0.0545. The Morgan fingerprint density at radius 3 is 1.69 bits per heavy atom. The second kappa shape index (κ2) is 13.4. The Labute approximate surface area is 338 Å². The van der Waals surface area contributed by atoms with Crippen LogP contribution in [0, 0.1) is 0 Å². The zero-order valence-corrected chi connectivity index (χ0v) is 32.3. The number of fused-ring (bicyclic) bond motifs is 6. The Balaban J connectivity index is 1.15. The summed E-state index contributed by atoms with van der Waals surface area (Å²) in [5.41, 5.74) is 18.5. The molecule has 0 N–H and O–H groups in total. The molecule has 10 aromatic rings. The van der Waals surface area contributed by atoms with Gasteiger partial charge in [0.25, 0.3) is 0 Å². The molecule has 0 radical (unpaired) electrons. The highest BCUT2D eigenvalue weighted by Crippen LogP contribution is 2.50. The number of hydrogen-bond acceptors (Lipinski definition) is 3. The van der Waals surface area contributed by atoms with E-state index in [4.69, 9.17) is 14.4 Å². The lowest BCUT2D eigenvalue weighted by molar-refractivity contribution is 0.660. The van der Waals surface area contributed by atoms with Gasteiger partial charge in [0.1, 0.15) is 11.2 Å². The molecule has 2 heterocycles. The van der Waals surface area contributed by atoms with Crippen molar-refractivity contribution in [3.05, 3.63) is 205 Å². The quantitative estimate of drug-likeness (QED) is 0.170. The van der Waals surface area contributed by atoms with Gasteiger partial charge in [0.15, 0.2) is 5.82 Å². The topological polar surface area (TPSA) is 38.9 Å². The van der Waals surface area contributed by atoms with E-state index < -0.39 is 0 Å². The number of hydrogen-bond donors (Lipinski definition) is 0. The van der Waals surface area contributed by atoms with Crippen LogP contribution in [0.3, 0.4) is 0 Å². The van der Waals surface area contributed by atoms with E-state index in [-0.39, 0.29) is 5.41 Å². The lowest BCUT2D eigenvalue weighted by Gasteiger charge is -2.22. The molecule has 0 spiro atoms. The highest BCUT2D eigenvalue weighted by molar-refractivity contribution is 6.10. The average molecular weight is 743 g/mol. The molecule has 58 heavy (non-hydrogen) atoms. The van der Waals surface area contributed by atoms with E-state index in [1.807, 2.05) is 36.4 Å². The zero-order chi connectivity index (χ0) is 38.8. The van der Waals surface area contributed by atoms with Crippen LogP contribution in [0.15, 0.2) is 199 Å². The van der Waals surface area contributed by atoms with Crippen LogP contribution in [-0.4, -0.2) is 9.97 Å². The van der Waals surface area contributed by atoms with Gasteiger partial charge in [-0.05, 0) is 86.5 Å². The van der Waals surface area contributed by atoms with E-state index in [0.717, 1.165) is 72.3 Å². The number of rotatable bonds is 6. The fourth-order valence-corrected chi connectivity index (χ4v) is 8.99. The molecule has 0 aliphatic heterocycles. The molecule has 3 nitrogen and oxygen atoms in total. The monoisotopic (exact) mass is 742 g/mol. The first-order chi connectivity index (χ1) is 28.5. The van der Waals surface area contributed by atoms with E-state index in [9.17, 15) is 0 Å². The number of benzene rings is 8. The van der Waals surface area contributed by atoms with Gasteiger partial charge in [-0.3, -0.25) is 0 Å². The molecule has 1 aliphatic rings. The van der Waals surface area contributed by atoms with Gasteiger partial charge in [0, 0.05) is 38.4 Å². The van der Waals surface area contributed by atoms with Gasteiger partial charge in [0.2, 0.25) is 0 Å². The van der Waals surface area contributed by atoms with Gasteiger partial charge in [-0.2, -0.15) is 0 Å². The molecule has 0 unspecified atom stereocenters. The minimum Gasteiger partial charge on any atom is -0.455 e. The molecule has 8 aromatic carbocycles. The van der Waals surface area contributed by atoms with Crippen LogP contribution in [0.25, 0.3) is 100 Å². The standard InChI is InChI=1S/C55H38N2O/c1-55(2)48-26-13-11-22-44(48)45-29-28-37(33-49(45)55)41-20-9-10-21-42(41)38-30-39(43-24-15-25-47-46-23-12-14-27-52(46)58-53(43)47)32-40(31-38)51-34-50(35-16-5-3-6-17-35)56-54(57-51)36-18-7-4-8-19-36/h3-34H,1-2H3. The largest absolute Gasteiger partial charge is 0.455 e. The number of aromatic nitrogens is 2. The molecule has 274 valence electrons. The molecular weight excluding hydrogens is 705 g/mol. The van der Waals surface area contributed by atoms with Crippen molar-refractivity contribution in [1.29, 1.82) is 0 Å². The molecule has 0 saturated heterocycles. The summed E-state index contributed by atoms with van der Waals surface area (Å²) in [5.74, 6) is 0.686. The SMILES string of the molecule is CC1(C)c2ccccc2-c2ccc(-c3ccccc3-c3cc(-c4cc(-c5ccccc5)nc(-c5ccccc5)n4)cc(-c4cccc5c4oc4ccccc45)c3)cc21. The summed E-state index contributed by atoms with van der Waals surface area (Å²) >= 11 is 0. The van der Waals surface area contributed by atoms with Crippen LogP contribution >= 0.6 is 0 Å². The van der Waals surface area contributed by atoms with Crippen LogP contribution < -0.4 is 0 Å². The Kier molecular flexibility index (Phi) is 7.84. The van der Waals surface area contributed by atoms with E-state index in [2.05, 4.69) is 172 Å². The van der Waals surface area contributed by atoms with Crippen LogP contribution in [-0.2, 0) is 5.41 Å². The van der Waals surface area contributed by atoms with Crippen LogP contribution in [0.2, 0.25) is 0 Å². The maximum Gasteiger partial charge on any atom is 0.160 e. The van der Waals surface area contributed by atoms with Crippen LogP contribution in [0.4, 0.5) is 0 Å². The highest BCUT2D eigenvalue weighted by Gasteiger charge is 2.35. The van der Waals surface area contributed by atoms with Crippen molar-refractivity contribution in [2.75, 3.05) is 0 Å². The Hall–Kier alpha value is -7.36. The molecule has 0 atom stereocenters. The summed E-state index contributed by atoms with van der Waals surface area (Å²) in [7, 11) is 0. The first-order valence-electron chi connectivity index (χ1n) is 19.9. The predicted octanol–water partition coefficient (Wildman–Crippen LogP) is 14.7. The van der Waals surface area contributed by atoms with Crippen molar-refractivity contribution in [1.82, 2.24) is 9.97 Å². The van der Waals surface area contributed by atoms with Gasteiger partial charge in [0.05, 0.1) is 11.4 Å². The van der Waals surface area contributed by atoms with Crippen LogP contribution in [0.5, 0.6) is 0 Å². The summed E-state index contributed by atoms with van der Waals surface area (Å²) in [4.78, 5) is 10.4. The van der Waals surface area contributed by atoms with E-state index in [1.54, 1.807) is 0 Å². The highest BCUT2D eigenvalue weighted by atomic mass is 16.3. The molecular formula is C55H38N2O. The van der Waals surface area contributed by atoms with E-state index >= 15 is 0 Å². The van der Waals surface area contributed by atoms with Crippen molar-refractivity contribution in [3.63, 3.8) is 0 Å². The van der Waals surface area contributed by atoms with E-state index in [0.29, 0.717) is 5.82 Å². The second-order valence-electron chi connectivity index (χ2n) is 15.8. The van der Waals surface area contributed by atoms with Gasteiger partial charge in [-0.1, -0.05) is 172 Å². The van der Waals surface area contributed by atoms with Gasteiger partial charge < -0.3 is 4.42 Å². The molecule has 0 bridgehead atoms. The van der Waals surface area contributed by atoms with Gasteiger partial charge >= 0.3 is 0 Å². The molecule has 0 fully saturated rings. The fourth-order valence-electron chi connectivity index (χ4n) is 8.99. The summed E-state index contributed by atoms with van der Waals surface area (Å²) in [5, 5.41) is 2.21. The molecule has 0 saturated carbocycles. The summed E-state index contributed by atoms with van der Waals surface area (Å²) < 4.78 is 6.64. The second-order valence-corrected chi connectivity index (χ2v) is 15.8. The average Bonchev–Trinajstić information content (AvgIpc) is 3.78. The molecule has 2 aromatic heterocycles. The molecule has 3 heteroatoms. The smallest absolute Gasteiger partial charge is 0.160 e. The van der Waals surface area contributed by atoms with Crippen molar-refractivity contribution in [2.45, 2.75) is 19.3 Å². The van der Waals surface area contributed by atoms with Crippen molar-refractivity contribution < 1.29 is 4.42 Å². The Bertz CT molecular complexity index is 3140. The van der Waals surface area contributed by atoms with Crippen molar-refractivity contribution in [2.24, 2.45) is 0 Å². The summed E-state index contributed by atoms with van der Waals surface area (Å²) in [6, 6.07) is 69.0. The molecule has 1 aliphatic carbocycles. The third-order valence-corrected chi connectivity index (χ3v) is 11.9. The summed E-state index contributed by atoms with van der Waals surface area (Å²) in [6.07, 6.45) is 0. The summed E-state index contributed by atoms with van der Waals surface area (Å²) in [6.45, 7) is 4.69. The third-order valence-electron chi connectivity index (χ3n) is 11.9. The maximum absolute atomic E-state index is 6.64. The minimum atomic E-state index is -0.102. The maximum atomic E-state index is 6.64. The lowest BCUT2D eigenvalue weighted by Crippen LogP contribution is -2.14.